The fourth-order valence-corrected chi connectivity index (χ4v) is 2.73. The lowest BCUT2D eigenvalue weighted by molar-refractivity contribution is -0.380. The molecular weight excluding hydrogens is 242 g/mol. The second-order valence-electron chi connectivity index (χ2n) is 4.58. The minimum absolute atomic E-state index is 0.0657. The Morgan fingerprint density at radius 1 is 1.59 bits per heavy atom. The van der Waals surface area contributed by atoms with Crippen molar-refractivity contribution in [1.82, 2.24) is 4.98 Å². The Bertz CT molecular complexity index is 419. The van der Waals surface area contributed by atoms with Gasteiger partial charge < -0.3 is 10.0 Å². The predicted octanol–water partition coefficient (Wildman–Crippen LogP) is 1.79. The summed E-state index contributed by atoms with van der Waals surface area (Å²) in [5.74, 6) is 0. The van der Waals surface area contributed by atoms with E-state index in [0.717, 1.165) is 30.7 Å². The molecule has 7 heteroatoms. The molecule has 1 fully saturated rings. The summed E-state index contributed by atoms with van der Waals surface area (Å²) in [6.07, 6.45) is 3.60. The number of hydrogen-bond donors (Lipinski definition) is 1. The average molecular weight is 257 g/mol. The van der Waals surface area contributed by atoms with Gasteiger partial charge in [0.15, 0.2) is 5.13 Å². The van der Waals surface area contributed by atoms with Gasteiger partial charge in [0, 0.05) is 13.1 Å². The normalized spacial score (nSPS) is 25.6. The van der Waals surface area contributed by atoms with Crippen molar-refractivity contribution >= 4 is 21.5 Å². The van der Waals surface area contributed by atoms with E-state index in [1.54, 1.807) is 0 Å². The molecule has 2 rings (SSSR count). The molecule has 1 atom stereocenters. The Balaban J connectivity index is 2.09. The summed E-state index contributed by atoms with van der Waals surface area (Å²) in [6.45, 7) is 3.32. The largest absolute Gasteiger partial charge is 0.390 e. The maximum Gasteiger partial charge on any atom is 0.345 e. The first kappa shape index (κ1) is 12.3. The maximum absolute atomic E-state index is 10.6. The van der Waals surface area contributed by atoms with Crippen molar-refractivity contribution in [3.8, 4) is 0 Å². The second kappa shape index (κ2) is 4.58. The van der Waals surface area contributed by atoms with Crippen molar-refractivity contribution in [1.29, 1.82) is 0 Å². The summed E-state index contributed by atoms with van der Waals surface area (Å²) in [5, 5.41) is 21.3. The lowest BCUT2D eigenvalue weighted by Crippen LogP contribution is -2.28. The van der Waals surface area contributed by atoms with Crippen LogP contribution in [0.2, 0.25) is 0 Å². The number of aliphatic hydroxyl groups is 1. The molecule has 0 bridgehead atoms. The van der Waals surface area contributed by atoms with Gasteiger partial charge in [-0.2, -0.15) is 0 Å². The van der Waals surface area contributed by atoms with Crippen molar-refractivity contribution in [2.24, 2.45) is 0 Å². The Labute approximate surface area is 103 Å². The molecule has 0 saturated carbocycles. The lowest BCUT2D eigenvalue weighted by Gasteiger charge is -2.21. The highest BCUT2D eigenvalue weighted by molar-refractivity contribution is 7.18. The summed E-state index contributed by atoms with van der Waals surface area (Å²) in [6, 6.07) is 0. The second-order valence-corrected chi connectivity index (χ2v) is 5.56. The average Bonchev–Trinajstić information content (AvgIpc) is 2.65. The first-order chi connectivity index (χ1) is 7.98. The smallest absolute Gasteiger partial charge is 0.345 e. The molecule has 1 aliphatic rings. The lowest BCUT2D eigenvalue weighted by atomic mass is 9.98. The van der Waals surface area contributed by atoms with Gasteiger partial charge in [-0.05, 0) is 37.5 Å². The summed E-state index contributed by atoms with van der Waals surface area (Å²) in [7, 11) is 0. The third kappa shape index (κ3) is 2.92. The van der Waals surface area contributed by atoms with Crippen LogP contribution in [0.15, 0.2) is 6.20 Å². The molecule has 1 unspecified atom stereocenters. The molecule has 0 aromatic carbocycles. The molecule has 0 spiro atoms. The first-order valence-corrected chi connectivity index (χ1v) is 6.37. The fourth-order valence-electron chi connectivity index (χ4n) is 1.94. The number of nitro groups is 1. The van der Waals surface area contributed by atoms with Gasteiger partial charge in [-0.25, -0.2) is 4.98 Å². The molecule has 1 saturated heterocycles. The van der Waals surface area contributed by atoms with Gasteiger partial charge in [0.1, 0.15) is 6.20 Å². The Morgan fingerprint density at radius 2 is 2.35 bits per heavy atom. The molecule has 1 N–H and O–H groups in total. The standard InChI is InChI=1S/C10H15N3O3S/c1-10(14)3-2-5-12(6-4-10)9-11-7-8(17-9)13(15)16/h7,14H,2-6H2,1H3. The van der Waals surface area contributed by atoms with Crippen LogP contribution < -0.4 is 4.90 Å². The van der Waals surface area contributed by atoms with Crippen molar-refractivity contribution in [3.05, 3.63) is 16.3 Å². The highest BCUT2D eigenvalue weighted by Crippen LogP contribution is 2.31. The van der Waals surface area contributed by atoms with Crippen LogP contribution >= 0.6 is 11.3 Å². The SMILES string of the molecule is CC1(O)CCCN(c2ncc([N+](=O)[O-])s2)CC1. The third-order valence-electron chi connectivity index (χ3n) is 3.00. The zero-order chi connectivity index (χ0) is 12.5. The number of aromatic nitrogens is 1. The van der Waals surface area contributed by atoms with Crippen LogP contribution in [-0.2, 0) is 0 Å². The van der Waals surface area contributed by atoms with Crippen LogP contribution in [0.25, 0.3) is 0 Å². The van der Waals surface area contributed by atoms with E-state index in [4.69, 9.17) is 0 Å². The molecule has 94 valence electrons. The van der Waals surface area contributed by atoms with Crippen LogP contribution in [0.3, 0.4) is 0 Å². The topological polar surface area (TPSA) is 79.5 Å². The minimum atomic E-state index is -0.627. The molecule has 1 aliphatic heterocycles. The fraction of sp³-hybridized carbons (Fsp3) is 0.700. The van der Waals surface area contributed by atoms with Crippen LogP contribution in [0.4, 0.5) is 10.1 Å². The highest BCUT2D eigenvalue weighted by atomic mass is 32.1. The van der Waals surface area contributed by atoms with Gasteiger partial charge in [0.2, 0.25) is 0 Å². The minimum Gasteiger partial charge on any atom is -0.390 e. The van der Waals surface area contributed by atoms with E-state index in [1.807, 2.05) is 11.8 Å². The van der Waals surface area contributed by atoms with Crippen molar-refractivity contribution in [2.75, 3.05) is 18.0 Å². The van der Waals surface area contributed by atoms with E-state index in [9.17, 15) is 15.2 Å². The first-order valence-electron chi connectivity index (χ1n) is 5.55. The predicted molar refractivity (Wildman–Crippen MR) is 65.5 cm³/mol. The molecule has 1 aromatic heterocycles. The van der Waals surface area contributed by atoms with Crippen molar-refractivity contribution in [2.45, 2.75) is 31.8 Å². The molecule has 0 amide bonds. The van der Waals surface area contributed by atoms with Crippen molar-refractivity contribution in [3.63, 3.8) is 0 Å². The van der Waals surface area contributed by atoms with Crippen LogP contribution in [0, 0.1) is 10.1 Å². The molecule has 17 heavy (non-hydrogen) atoms. The van der Waals surface area contributed by atoms with E-state index >= 15 is 0 Å². The Kier molecular flexibility index (Phi) is 3.30. The number of thiazole rings is 1. The van der Waals surface area contributed by atoms with Gasteiger partial charge in [0.25, 0.3) is 0 Å². The maximum atomic E-state index is 10.6. The zero-order valence-corrected chi connectivity index (χ0v) is 10.4. The summed E-state index contributed by atoms with van der Waals surface area (Å²) < 4.78 is 0. The number of rotatable bonds is 2. The van der Waals surface area contributed by atoms with E-state index in [0.29, 0.717) is 18.1 Å². The zero-order valence-electron chi connectivity index (χ0n) is 9.63. The number of nitrogens with zero attached hydrogens (tertiary/aromatic N) is 3. The van der Waals surface area contributed by atoms with Crippen molar-refractivity contribution < 1.29 is 10.0 Å². The van der Waals surface area contributed by atoms with Crippen LogP contribution in [-0.4, -0.2) is 33.7 Å². The van der Waals surface area contributed by atoms with Crippen LogP contribution in [0.5, 0.6) is 0 Å². The summed E-state index contributed by atoms with van der Waals surface area (Å²) in [4.78, 5) is 16.2. The van der Waals surface area contributed by atoms with E-state index in [-0.39, 0.29) is 5.00 Å². The molecule has 1 aromatic rings. The van der Waals surface area contributed by atoms with E-state index in [2.05, 4.69) is 4.98 Å². The molecular formula is C10H15N3O3S. The molecule has 0 radical (unpaired) electrons. The molecule has 2 heterocycles. The Morgan fingerprint density at radius 3 is 3.00 bits per heavy atom. The summed E-state index contributed by atoms with van der Waals surface area (Å²) >= 11 is 1.09. The quantitative estimate of drug-likeness (QED) is 0.645. The highest BCUT2D eigenvalue weighted by Gasteiger charge is 2.26. The third-order valence-corrected chi connectivity index (χ3v) is 4.01. The van der Waals surface area contributed by atoms with Gasteiger partial charge in [-0.1, -0.05) is 0 Å². The van der Waals surface area contributed by atoms with E-state index in [1.165, 1.54) is 6.20 Å². The van der Waals surface area contributed by atoms with Gasteiger partial charge in [0.05, 0.1) is 10.5 Å². The summed E-state index contributed by atoms with van der Waals surface area (Å²) in [5.41, 5.74) is -0.627. The van der Waals surface area contributed by atoms with Gasteiger partial charge >= 0.3 is 5.00 Å². The number of anilines is 1. The Hall–Kier alpha value is -1.21. The monoisotopic (exact) mass is 257 g/mol. The van der Waals surface area contributed by atoms with Crippen LogP contribution in [0.1, 0.15) is 26.2 Å². The van der Waals surface area contributed by atoms with Gasteiger partial charge in [-0.3, -0.25) is 10.1 Å². The number of hydrogen-bond acceptors (Lipinski definition) is 6. The van der Waals surface area contributed by atoms with E-state index < -0.39 is 10.5 Å². The molecule has 6 nitrogen and oxygen atoms in total. The molecule has 0 aliphatic carbocycles. The van der Waals surface area contributed by atoms with Gasteiger partial charge in [-0.15, -0.1) is 0 Å².